The first-order valence-electron chi connectivity index (χ1n) is 3.35. The van der Waals surface area contributed by atoms with E-state index in [-0.39, 0.29) is 5.91 Å². The van der Waals surface area contributed by atoms with Crippen LogP contribution < -0.4 is 0 Å². The molecule has 58 valence electrons. The van der Waals surface area contributed by atoms with Crippen LogP contribution in [-0.4, -0.2) is 23.1 Å². The van der Waals surface area contributed by atoms with Crippen LogP contribution in [-0.2, 0) is 9.59 Å². The number of carbonyl (C=O) groups excluding carboxylic acids is 2. The minimum atomic E-state index is -0.419. The summed E-state index contributed by atoms with van der Waals surface area (Å²) in [6, 6.07) is -0.419. The molecule has 1 aliphatic heterocycles. The van der Waals surface area contributed by atoms with Gasteiger partial charge in [0.1, 0.15) is 12.3 Å². The summed E-state index contributed by atoms with van der Waals surface area (Å²) in [4.78, 5) is 22.6. The quantitative estimate of drug-likeness (QED) is 0.511. The third-order valence-electron chi connectivity index (χ3n) is 1.49. The lowest BCUT2D eigenvalue weighted by Gasteiger charge is -2.22. The highest BCUT2D eigenvalue weighted by atomic mass is 16.2. The molecular weight excluding hydrogens is 142 g/mol. The van der Waals surface area contributed by atoms with Crippen LogP contribution in [0.15, 0.2) is 24.4 Å². The number of hydrogen-bond acceptors (Lipinski definition) is 2. The van der Waals surface area contributed by atoms with E-state index in [1.165, 1.54) is 11.8 Å². The van der Waals surface area contributed by atoms with Crippen molar-refractivity contribution in [3.05, 3.63) is 24.4 Å². The van der Waals surface area contributed by atoms with Gasteiger partial charge in [0.15, 0.2) is 0 Å². The van der Waals surface area contributed by atoms with Crippen molar-refractivity contribution in [2.24, 2.45) is 0 Å². The zero-order valence-electron chi connectivity index (χ0n) is 6.23. The summed E-state index contributed by atoms with van der Waals surface area (Å²) < 4.78 is 0. The summed E-state index contributed by atoms with van der Waals surface area (Å²) >= 11 is 0. The topological polar surface area (TPSA) is 37.4 Å². The van der Waals surface area contributed by atoms with E-state index < -0.39 is 6.04 Å². The van der Waals surface area contributed by atoms with Crippen molar-refractivity contribution < 1.29 is 9.59 Å². The molecule has 0 aromatic heterocycles. The Kier molecular flexibility index (Phi) is 2.21. The van der Waals surface area contributed by atoms with Gasteiger partial charge in [0.25, 0.3) is 0 Å². The molecular formula is C8H9NO2. The average molecular weight is 151 g/mol. The molecule has 0 saturated carbocycles. The fourth-order valence-electron chi connectivity index (χ4n) is 0.938. The molecule has 0 aromatic carbocycles. The monoisotopic (exact) mass is 151 g/mol. The third kappa shape index (κ3) is 1.55. The summed E-state index contributed by atoms with van der Waals surface area (Å²) in [6.45, 7) is 1.43. The summed E-state index contributed by atoms with van der Waals surface area (Å²) in [6.07, 6.45) is 7.48. The molecule has 1 unspecified atom stereocenters. The molecule has 0 N–H and O–H groups in total. The molecule has 1 amide bonds. The van der Waals surface area contributed by atoms with Crippen LogP contribution in [0.5, 0.6) is 0 Å². The van der Waals surface area contributed by atoms with Gasteiger partial charge in [-0.05, 0) is 6.08 Å². The Balaban J connectivity index is 2.78. The van der Waals surface area contributed by atoms with E-state index in [1.54, 1.807) is 24.4 Å². The summed E-state index contributed by atoms with van der Waals surface area (Å²) in [5.74, 6) is -0.122. The third-order valence-corrected chi connectivity index (χ3v) is 1.49. The molecule has 1 heterocycles. The zero-order chi connectivity index (χ0) is 8.27. The van der Waals surface area contributed by atoms with E-state index in [4.69, 9.17) is 0 Å². The largest absolute Gasteiger partial charge is 0.306 e. The van der Waals surface area contributed by atoms with Crippen LogP contribution in [0.2, 0.25) is 0 Å². The van der Waals surface area contributed by atoms with Crippen molar-refractivity contribution in [2.75, 3.05) is 0 Å². The Labute approximate surface area is 65.0 Å². The van der Waals surface area contributed by atoms with Crippen molar-refractivity contribution in [2.45, 2.75) is 13.0 Å². The van der Waals surface area contributed by atoms with E-state index in [0.29, 0.717) is 0 Å². The van der Waals surface area contributed by atoms with Crippen molar-refractivity contribution in [3.63, 3.8) is 0 Å². The average Bonchev–Trinajstić information content (AvgIpc) is 2.04. The Morgan fingerprint density at radius 3 is 2.73 bits per heavy atom. The van der Waals surface area contributed by atoms with E-state index in [2.05, 4.69) is 0 Å². The van der Waals surface area contributed by atoms with Gasteiger partial charge in [0.05, 0.1) is 0 Å². The second kappa shape index (κ2) is 3.14. The highest BCUT2D eigenvalue weighted by Crippen LogP contribution is 2.05. The SMILES string of the molecule is CC(=O)N1C=CC=CC1C=O. The van der Waals surface area contributed by atoms with Gasteiger partial charge in [0.2, 0.25) is 5.91 Å². The second-order valence-electron chi connectivity index (χ2n) is 2.28. The van der Waals surface area contributed by atoms with Gasteiger partial charge in [-0.15, -0.1) is 0 Å². The number of carbonyl (C=O) groups is 2. The van der Waals surface area contributed by atoms with Crippen molar-refractivity contribution in [1.29, 1.82) is 0 Å². The van der Waals surface area contributed by atoms with Gasteiger partial charge in [-0.1, -0.05) is 12.2 Å². The molecule has 3 heteroatoms. The Morgan fingerprint density at radius 1 is 1.55 bits per heavy atom. The first-order valence-corrected chi connectivity index (χ1v) is 3.35. The molecule has 0 fully saturated rings. The Hall–Kier alpha value is -1.38. The predicted molar refractivity (Wildman–Crippen MR) is 40.7 cm³/mol. The number of allylic oxidation sites excluding steroid dienone is 2. The number of rotatable bonds is 1. The molecule has 3 nitrogen and oxygen atoms in total. The molecule has 1 rings (SSSR count). The Morgan fingerprint density at radius 2 is 2.27 bits per heavy atom. The molecule has 1 atom stereocenters. The maximum atomic E-state index is 10.9. The molecule has 0 saturated heterocycles. The van der Waals surface area contributed by atoms with Gasteiger partial charge in [-0.2, -0.15) is 0 Å². The lowest BCUT2D eigenvalue weighted by atomic mass is 10.2. The maximum Gasteiger partial charge on any atom is 0.224 e. The van der Waals surface area contributed by atoms with Crippen LogP contribution >= 0.6 is 0 Å². The first kappa shape index (κ1) is 7.72. The molecule has 1 aliphatic rings. The van der Waals surface area contributed by atoms with Crippen LogP contribution in [0.4, 0.5) is 0 Å². The summed E-state index contributed by atoms with van der Waals surface area (Å²) in [5, 5.41) is 0. The van der Waals surface area contributed by atoms with Gasteiger partial charge in [-0.25, -0.2) is 0 Å². The normalized spacial score (nSPS) is 21.9. The van der Waals surface area contributed by atoms with E-state index in [0.717, 1.165) is 6.29 Å². The molecule has 11 heavy (non-hydrogen) atoms. The minimum absolute atomic E-state index is 0.122. The number of amides is 1. The highest BCUT2D eigenvalue weighted by Gasteiger charge is 2.16. The van der Waals surface area contributed by atoms with E-state index in [9.17, 15) is 9.59 Å². The van der Waals surface area contributed by atoms with Crippen molar-refractivity contribution in [3.8, 4) is 0 Å². The van der Waals surface area contributed by atoms with Crippen LogP contribution in [0.1, 0.15) is 6.92 Å². The standard InChI is InChI=1S/C8H9NO2/c1-7(11)9-5-3-2-4-8(9)6-10/h2-6,8H,1H3. The first-order chi connectivity index (χ1) is 5.25. The van der Waals surface area contributed by atoms with Crippen LogP contribution in [0, 0.1) is 0 Å². The molecule has 0 spiro atoms. The van der Waals surface area contributed by atoms with E-state index in [1.807, 2.05) is 0 Å². The van der Waals surface area contributed by atoms with Crippen molar-refractivity contribution >= 4 is 12.2 Å². The zero-order valence-corrected chi connectivity index (χ0v) is 6.23. The maximum absolute atomic E-state index is 10.9. The highest BCUT2D eigenvalue weighted by molar-refractivity contribution is 5.80. The smallest absolute Gasteiger partial charge is 0.224 e. The fraction of sp³-hybridized carbons (Fsp3) is 0.250. The number of hydrogen-bond donors (Lipinski definition) is 0. The van der Waals surface area contributed by atoms with Gasteiger partial charge in [-0.3, -0.25) is 4.79 Å². The van der Waals surface area contributed by atoms with Crippen LogP contribution in [0.25, 0.3) is 0 Å². The van der Waals surface area contributed by atoms with Crippen LogP contribution in [0.3, 0.4) is 0 Å². The molecule has 0 radical (unpaired) electrons. The molecule has 0 bridgehead atoms. The summed E-state index contributed by atoms with van der Waals surface area (Å²) in [7, 11) is 0. The summed E-state index contributed by atoms with van der Waals surface area (Å²) in [5.41, 5.74) is 0. The lowest BCUT2D eigenvalue weighted by Crippen LogP contribution is -2.35. The fourth-order valence-corrected chi connectivity index (χ4v) is 0.938. The predicted octanol–water partition coefficient (Wildman–Crippen LogP) is 0.486. The van der Waals surface area contributed by atoms with E-state index >= 15 is 0 Å². The number of aldehydes is 1. The lowest BCUT2D eigenvalue weighted by molar-refractivity contribution is -0.130. The Bertz CT molecular complexity index is 230. The van der Waals surface area contributed by atoms with Gasteiger partial charge in [0, 0.05) is 13.1 Å². The van der Waals surface area contributed by atoms with Gasteiger partial charge < -0.3 is 9.69 Å². The second-order valence-corrected chi connectivity index (χ2v) is 2.28. The molecule has 0 aliphatic carbocycles. The molecule has 0 aromatic rings. The van der Waals surface area contributed by atoms with Crippen molar-refractivity contribution in [1.82, 2.24) is 4.90 Å². The number of nitrogens with zero attached hydrogens (tertiary/aromatic N) is 1. The minimum Gasteiger partial charge on any atom is -0.306 e. The van der Waals surface area contributed by atoms with Gasteiger partial charge >= 0.3 is 0 Å².